The number of nitrogen functional groups attached to an aromatic ring is 1. The van der Waals surface area contributed by atoms with Crippen LogP contribution in [0.4, 0.5) is 11.5 Å². The number of nitrogens with two attached hydrogens (primary N) is 1. The molecule has 2 N–H and O–H groups in total. The number of anilines is 2. The van der Waals surface area contributed by atoms with Crippen LogP contribution >= 0.6 is 11.3 Å². The van der Waals surface area contributed by atoms with Gasteiger partial charge < -0.3 is 10.6 Å². The van der Waals surface area contributed by atoms with Crippen LogP contribution in [-0.4, -0.2) is 17.9 Å². The Kier molecular flexibility index (Phi) is 2.16. The number of carbonyl (C=O) groups is 1. The Bertz CT molecular complexity index is 606. The number of hydrogen-bond acceptors (Lipinski definition) is 4. The molecule has 0 spiro atoms. The number of fused-ring (bicyclic) bond motifs is 1. The Balaban J connectivity index is 2.06. The number of rotatable bonds is 1. The molecule has 0 atom stereocenters. The first kappa shape index (κ1) is 10.3. The first-order valence-electron chi connectivity index (χ1n) is 5.26. The average Bonchev–Trinajstić information content (AvgIpc) is 2.85. The van der Waals surface area contributed by atoms with Gasteiger partial charge in [0.25, 0.3) is 0 Å². The van der Waals surface area contributed by atoms with Crippen LogP contribution in [0.1, 0.15) is 5.56 Å². The van der Waals surface area contributed by atoms with Crippen LogP contribution in [0.15, 0.2) is 23.6 Å². The van der Waals surface area contributed by atoms with Gasteiger partial charge in [0, 0.05) is 23.7 Å². The largest absolute Gasteiger partial charge is 0.383 e. The van der Waals surface area contributed by atoms with Crippen LogP contribution in [0.25, 0.3) is 10.6 Å². The fraction of sp³-hybridized carbons (Fsp3) is 0.167. The van der Waals surface area contributed by atoms with Crippen molar-refractivity contribution in [3.63, 3.8) is 0 Å². The lowest BCUT2D eigenvalue weighted by Crippen LogP contribution is -2.20. The van der Waals surface area contributed by atoms with E-state index in [4.69, 9.17) is 5.73 Å². The standard InChI is InChI=1S/C12H11N3OS/c1-15-9-3-2-7(4-8(9)5-11(15)16)12-14-10(13)6-17-12/h2-4,6H,5,13H2,1H3. The van der Waals surface area contributed by atoms with Crippen LogP contribution in [-0.2, 0) is 11.2 Å². The number of amides is 1. The highest BCUT2D eigenvalue weighted by Gasteiger charge is 2.24. The maximum Gasteiger partial charge on any atom is 0.231 e. The van der Waals surface area contributed by atoms with Gasteiger partial charge >= 0.3 is 0 Å². The fourth-order valence-electron chi connectivity index (χ4n) is 2.02. The lowest BCUT2D eigenvalue weighted by Gasteiger charge is -2.09. The Labute approximate surface area is 103 Å². The highest BCUT2D eigenvalue weighted by Crippen LogP contribution is 2.33. The maximum absolute atomic E-state index is 11.6. The van der Waals surface area contributed by atoms with E-state index in [1.807, 2.05) is 23.6 Å². The second-order valence-electron chi connectivity index (χ2n) is 4.05. The van der Waals surface area contributed by atoms with Crippen molar-refractivity contribution in [3.05, 3.63) is 29.1 Å². The first-order valence-corrected chi connectivity index (χ1v) is 6.14. The Morgan fingerprint density at radius 1 is 1.47 bits per heavy atom. The van der Waals surface area contributed by atoms with Crippen LogP contribution in [0.5, 0.6) is 0 Å². The quantitative estimate of drug-likeness (QED) is 0.835. The summed E-state index contributed by atoms with van der Waals surface area (Å²) in [7, 11) is 1.80. The summed E-state index contributed by atoms with van der Waals surface area (Å²) in [5, 5.41) is 2.71. The van der Waals surface area contributed by atoms with Gasteiger partial charge in [0.2, 0.25) is 5.91 Å². The Morgan fingerprint density at radius 3 is 3.00 bits per heavy atom. The van der Waals surface area contributed by atoms with Gasteiger partial charge in [-0.1, -0.05) is 0 Å². The topological polar surface area (TPSA) is 59.2 Å². The third-order valence-electron chi connectivity index (χ3n) is 2.93. The van der Waals surface area contributed by atoms with E-state index in [0.29, 0.717) is 12.2 Å². The third-order valence-corrected chi connectivity index (χ3v) is 3.84. The second-order valence-corrected chi connectivity index (χ2v) is 4.91. The van der Waals surface area contributed by atoms with E-state index in [-0.39, 0.29) is 5.91 Å². The van der Waals surface area contributed by atoms with E-state index in [0.717, 1.165) is 21.8 Å². The van der Waals surface area contributed by atoms with E-state index in [1.165, 1.54) is 11.3 Å². The summed E-state index contributed by atoms with van der Waals surface area (Å²) < 4.78 is 0. The molecule has 0 bridgehead atoms. The molecule has 1 aliphatic heterocycles. The first-order chi connectivity index (χ1) is 8.15. The summed E-state index contributed by atoms with van der Waals surface area (Å²) in [6.45, 7) is 0. The van der Waals surface area contributed by atoms with Crippen molar-refractivity contribution in [1.82, 2.24) is 4.98 Å². The van der Waals surface area contributed by atoms with Gasteiger partial charge in [0.1, 0.15) is 10.8 Å². The maximum atomic E-state index is 11.6. The summed E-state index contributed by atoms with van der Waals surface area (Å²) in [4.78, 5) is 17.5. The molecule has 2 aromatic rings. The monoisotopic (exact) mass is 245 g/mol. The number of thiazole rings is 1. The third kappa shape index (κ3) is 1.59. The molecule has 1 aromatic heterocycles. The summed E-state index contributed by atoms with van der Waals surface area (Å²) in [6, 6.07) is 5.97. The molecule has 4 nitrogen and oxygen atoms in total. The molecular formula is C12H11N3OS. The van der Waals surface area contributed by atoms with Crippen LogP contribution in [0.3, 0.4) is 0 Å². The highest BCUT2D eigenvalue weighted by molar-refractivity contribution is 7.13. The van der Waals surface area contributed by atoms with Crippen molar-refractivity contribution in [2.24, 2.45) is 0 Å². The van der Waals surface area contributed by atoms with Gasteiger partial charge in [0.15, 0.2) is 0 Å². The fourth-order valence-corrected chi connectivity index (χ4v) is 2.73. The number of benzene rings is 1. The molecule has 86 valence electrons. The predicted octanol–water partition coefficient (Wildman–Crippen LogP) is 1.91. The molecule has 1 aromatic carbocycles. The molecule has 1 aliphatic rings. The molecule has 2 heterocycles. The van der Waals surface area contributed by atoms with E-state index >= 15 is 0 Å². The van der Waals surface area contributed by atoms with Crippen molar-refractivity contribution < 1.29 is 4.79 Å². The molecule has 1 amide bonds. The molecular weight excluding hydrogens is 234 g/mol. The number of likely N-dealkylation sites (N-methyl/N-ethyl adjacent to an activating group) is 1. The predicted molar refractivity (Wildman–Crippen MR) is 69.1 cm³/mol. The van der Waals surface area contributed by atoms with Gasteiger partial charge in [-0.3, -0.25) is 4.79 Å². The zero-order valence-corrected chi connectivity index (χ0v) is 10.1. The van der Waals surface area contributed by atoms with Gasteiger partial charge in [-0.25, -0.2) is 4.98 Å². The van der Waals surface area contributed by atoms with Gasteiger partial charge in [0.05, 0.1) is 6.42 Å². The molecule has 0 radical (unpaired) electrons. The Hall–Kier alpha value is -1.88. The van der Waals surface area contributed by atoms with Crippen molar-refractivity contribution in [2.45, 2.75) is 6.42 Å². The smallest absolute Gasteiger partial charge is 0.231 e. The highest BCUT2D eigenvalue weighted by atomic mass is 32.1. The normalized spacial score (nSPS) is 14.2. The zero-order valence-electron chi connectivity index (χ0n) is 9.30. The van der Waals surface area contributed by atoms with Gasteiger partial charge in [-0.15, -0.1) is 11.3 Å². The van der Waals surface area contributed by atoms with E-state index in [2.05, 4.69) is 4.98 Å². The summed E-state index contributed by atoms with van der Waals surface area (Å²) in [5.41, 5.74) is 8.68. The number of carbonyl (C=O) groups excluding carboxylic acids is 1. The lowest BCUT2D eigenvalue weighted by atomic mass is 10.1. The molecule has 0 saturated carbocycles. The second kappa shape index (κ2) is 3.56. The van der Waals surface area contributed by atoms with E-state index in [1.54, 1.807) is 11.9 Å². The minimum Gasteiger partial charge on any atom is -0.383 e. The van der Waals surface area contributed by atoms with E-state index in [9.17, 15) is 4.79 Å². The zero-order chi connectivity index (χ0) is 12.0. The summed E-state index contributed by atoms with van der Waals surface area (Å²) >= 11 is 1.52. The van der Waals surface area contributed by atoms with Gasteiger partial charge in [-0.05, 0) is 23.8 Å². The molecule has 0 unspecified atom stereocenters. The van der Waals surface area contributed by atoms with E-state index < -0.39 is 0 Å². The molecule has 0 aliphatic carbocycles. The number of hydrogen-bond donors (Lipinski definition) is 1. The van der Waals surface area contributed by atoms with Crippen LogP contribution in [0, 0.1) is 0 Å². The Morgan fingerprint density at radius 2 is 2.29 bits per heavy atom. The summed E-state index contributed by atoms with van der Waals surface area (Å²) in [6.07, 6.45) is 0.473. The molecule has 5 heteroatoms. The molecule has 17 heavy (non-hydrogen) atoms. The lowest BCUT2D eigenvalue weighted by molar-refractivity contribution is -0.117. The average molecular weight is 245 g/mol. The SMILES string of the molecule is CN1C(=O)Cc2cc(-c3nc(N)cs3)ccc21. The number of nitrogens with zero attached hydrogens (tertiary/aromatic N) is 2. The van der Waals surface area contributed by atoms with Crippen molar-refractivity contribution >= 4 is 28.7 Å². The minimum absolute atomic E-state index is 0.135. The van der Waals surface area contributed by atoms with Gasteiger partial charge in [-0.2, -0.15) is 0 Å². The van der Waals surface area contributed by atoms with Crippen LogP contribution in [0.2, 0.25) is 0 Å². The van der Waals surface area contributed by atoms with Crippen LogP contribution < -0.4 is 10.6 Å². The molecule has 3 rings (SSSR count). The summed E-state index contributed by atoms with van der Waals surface area (Å²) in [5.74, 6) is 0.675. The van der Waals surface area contributed by atoms with Crippen molar-refractivity contribution in [3.8, 4) is 10.6 Å². The molecule has 0 fully saturated rings. The minimum atomic E-state index is 0.135. The number of aromatic nitrogens is 1. The van der Waals surface area contributed by atoms with Crippen molar-refractivity contribution in [1.29, 1.82) is 0 Å². The van der Waals surface area contributed by atoms with Crippen molar-refractivity contribution in [2.75, 3.05) is 17.7 Å². The molecule has 0 saturated heterocycles.